The van der Waals surface area contributed by atoms with Crippen molar-refractivity contribution in [2.45, 2.75) is 45.2 Å². The molecule has 30 heavy (non-hydrogen) atoms. The molecule has 4 nitrogen and oxygen atoms in total. The summed E-state index contributed by atoms with van der Waals surface area (Å²) in [6.45, 7) is 2.17. The first-order chi connectivity index (χ1) is 14.4. The molecule has 2 aromatic rings. The zero-order valence-electron chi connectivity index (χ0n) is 17.0. The SMILES string of the molecule is Cc1cc(C2CCC(C(=O)NCc3ccccc3F)CN2C(=O)C2CC2)ccc1F. The Kier molecular flexibility index (Phi) is 5.84. The number of piperidine rings is 1. The van der Waals surface area contributed by atoms with E-state index in [1.54, 1.807) is 42.2 Å². The fourth-order valence-corrected chi connectivity index (χ4v) is 4.18. The lowest BCUT2D eigenvalue weighted by molar-refractivity contribution is -0.140. The van der Waals surface area contributed by atoms with E-state index in [0.29, 0.717) is 30.5 Å². The van der Waals surface area contributed by atoms with Crippen molar-refractivity contribution in [1.29, 1.82) is 0 Å². The van der Waals surface area contributed by atoms with Gasteiger partial charge in [-0.05, 0) is 55.9 Å². The number of amides is 2. The number of carbonyl (C=O) groups excluding carboxylic acids is 2. The van der Waals surface area contributed by atoms with Crippen LogP contribution in [-0.4, -0.2) is 23.3 Å². The van der Waals surface area contributed by atoms with Gasteiger partial charge in [0.25, 0.3) is 0 Å². The van der Waals surface area contributed by atoms with Crippen LogP contribution >= 0.6 is 0 Å². The molecule has 0 aromatic heterocycles. The van der Waals surface area contributed by atoms with Gasteiger partial charge < -0.3 is 10.2 Å². The second-order valence-electron chi connectivity index (χ2n) is 8.37. The maximum atomic E-state index is 13.8. The minimum Gasteiger partial charge on any atom is -0.352 e. The summed E-state index contributed by atoms with van der Waals surface area (Å²) in [5.74, 6) is -1.00. The third kappa shape index (κ3) is 4.37. The van der Waals surface area contributed by atoms with Gasteiger partial charge in [-0.3, -0.25) is 9.59 Å². The molecule has 2 aromatic carbocycles. The molecule has 2 amide bonds. The number of carbonyl (C=O) groups is 2. The van der Waals surface area contributed by atoms with E-state index < -0.39 is 0 Å². The molecule has 0 bridgehead atoms. The minimum absolute atomic E-state index is 0.0364. The van der Waals surface area contributed by atoms with Crippen molar-refractivity contribution in [1.82, 2.24) is 10.2 Å². The highest BCUT2D eigenvalue weighted by Crippen LogP contribution is 2.39. The molecule has 4 rings (SSSR count). The number of likely N-dealkylation sites (tertiary alicyclic amines) is 1. The van der Waals surface area contributed by atoms with Gasteiger partial charge in [0.1, 0.15) is 11.6 Å². The first-order valence-corrected chi connectivity index (χ1v) is 10.5. The zero-order chi connectivity index (χ0) is 21.3. The van der Waals surface area contributed by atoms with Crippen LogP contribution in [0.5, 0.6) is 0 Å². The van der Waals surface area contributed by atoms with Crippen LogP contribution in [0, 0.1) is 30.4 Å². The molecule has 6 heteroatoms. The average Bonchev–Trinajstić information content (AvgIpc) is 3.59. The number of nitrogens with zero attached hydrogens (tertiary/aromatic N) is 1. The van der Waals surface area contributed by atoms with Gasteiger partial charge in [-0.1, -0.05) is 30.3 Å². The van der Waals surface area contributed by atoms with Gasteiger partial charge in [-0.15, -0.1) is 0 Å². The summed E-state index contributed by atoms with van der Waals surface area (Å²) in [4.78, 5) is 27.5. The van der Waals surface area contributed by atoms with E-state index in [0.717, 1.165) is 18.4 Å². The first kappa shape index (κ1) is 20.5. The van der Waals surface area contributed by atoms with Crippen LogP contribution in [0.2, 0.25) is 0 Å². The third-order valence-corrected chi connectivity index (χ3v) is 6.14. The monoisotopic (exact) mass is 412 g/mol. The molecular weight excluding hydrogens is 386 g/mol. The molecule has 1 saturated carbocycles. The summed E-state index contributed by atoms with van der Waals surface area (Å²) in [6, 6.07) is 11.2. The van der Waals surface area contributed by atoms with Crippen LogP contribution < -0.4 is 5.32 Å². The highest BCUT2D eigenvalue weighted by Gasteiger charge is 2.41. The van der Waals surface area contributed by atoms with Crippen molar-refractivity contribution in [3.8, 4) is 0 Å². The molecule has 0 radical (unpaired) electrons. The number of halogens is 2. The number of hydrogen-bond acceptors (Lipinski definition) is 2. The molecule has 2 fully saturated rings. The van der Waals surface area contributed by atoms with Gasteiger partial charge in [0.15, 0.2) is 0 Å². The highest BCUT2D eigenvalue weighted by molar-refractivity contribution is 5.84. The van der Waals surface area contributed by atoms with E-state index in [9.17, 15) is 18.4 Å². The van der Waals surface area contributed by atoms with Crippen molar-refractivity contribution < 1.29 is 18.4 Å². The van der Waals surface area contributed by atoms with Gasteiger partial charge >= 0.3 is 0 Å². The summed E-state index contributed by atoms with van der Waals surface area (Å²) < 4.78 is 27.5. The fraction of sp³-hybridized carbons (Fsp3) is 0.417. The topological polar surface area (TPSA) is 49.4 Å². The molecule has 2 aliphatic rings. The van der Waals surface area contributed by atoms with Crippen LogP contribution in [0.1, 0.15) is 48.4 Å². The zero-order valence-corrected chi connectivity index (χ0v) is 17.0. The van der Waals surface area contributed by atoms with Crippen molar-refractivity contribution in [3.63, 3.8) is 0 Å². The van der Waals surface area contributed by atoms with E-state index in [-0.39, 0.29) is 47.9 Å². The second-order valence-corrected chi connectivity index (χ2v) is 8.37. The van der Waals surface area contributed by atoms with Crippen LogP contribution in [-0.2, 0) is 16.1 Å². The number of hydrogen-bond donors (Lipinski definition) is 1. The molecule has 1 aliphatic carbocycles. The van der Waals surface area contributed by atoms with E-state index in [4.69, 9.17) is 0 Å². The lowest BCUT2D eigenvalue weighted by atomic mass is 9.87. The summed E-state index contributed by atoms with van der Waals surface area (Å²) in [7, 11) is 0. The van der Waals surface area contributed by atoms with Gasteiger partial charge in [0, 0.05) is 24.6 Å². The predicted octanol–water partition coefficient (Wildman–Crippen LogP) is 4.28. The molecule has 2 atom stereocenters. The molecular formula is C24H26F2N2O2. The Labute approximate surface area is 175 Å². The van der Waals surface area contributed by atoms with Gasteiger partial charge in [-0.2, -0.15) is 0 Å². The van der Waals surface area contributed by atoms with Gasteiger partial charge in [-0.25, -0.2) is 8.78 Å². The molecule has 1 aliphatic heterocycles. The van der Waals surface area contributed by atoms with Crippen molar-refractivity contribution in [2.75, 3.05) is 6.54 Å². The van der Waals surface area contributed by atoms with Gasteiger partial charge in [0.05, 0.1) is 12.0 Å². The molecule has 158 valence electrons. The Balaban J connectivity index is 1.47. The van der Waals surface area contributed by atoms with Crippen LogP contribution in [0.3, 0.4) is 0 Å². The highest BCUT2D eigenvalue weighted by atomic mass is 19.1. The van der Waals surface area contributed by atoms with E-state index in [2.05, 4.69) is 5.32 Å². The number of benzene rings is 2. The van der Waals surface area contributed by atoms with E-state index in [1.165, 1.54) is 12.1 Å². The molecule has 2 unspecified atom stereocenters. The third-order valence-electron chi connectivity index (χ3n) is 6.14. The lowest BCUT2D eigenvalue weighted by Crippen LogP contribution is -2.47. The number of rotatable bonds is 5. The van der Waals surface area contributed by atoms with Crippen LogP contribution in [0.4, 0.5) is 8.78 Å². The number of nitrogens with one attached hydrogen (secondary N) is 1. The largest absolute Gasteiger partial charge is 0.352 e. The van der Waals surface area contributed by atoms with E-state index in [1.807, 2.05) is 0 Å². The molecule has 1 heterocycles. The number of aryl methyl sites for hydroxylation is 1. The minimum atomic E-state index is -0.348. The first-order valence-electron chi connectivity index (χ1n) is 10.5. The molecule has 0 spiro atoms. The van der Waals surface area contributed by atoms with E-state index >= 15 is 0 Å². The van der Waals surface area contributed by atoms with Crippen molar-refractivity contribution in [2.24, 2.45) is 11.8 Å². The quantitative estimate of drug-likeness (QED) is 0.797. The Bertz CT molecular complexity index is 958. The molecule has 1 saturated heterocycles. The lowest BCUT2D eigenvalue weighted by Gasteiger charge is -2.40. The Morgan fingerprint density at radius 3 is 2.43 bits per heavy atom. The van der Waals surface area contributed by atoms with Crippen molar-refractivity contribution in [3.05, 3.63) is 70.8 Å². The Hall–Kier alpha value is -2.76. The Morgan fingerprint density at radius 1 is 1.00 bits per heavy atom. The summed E-state index contributed by atoms with van der Waals surface area (Å²) in [6.07, 6.45) is 3.03. The maximum absolute atomic E-state index is 13.8. The normalized spacial score (nSPS) is 21.4. The smallest absolute Gasteiger partial charge is 0.226 e. The predicted molar refractivity (Wildman–Crippen MR) is 109 cm³/mol. The summed E-state index contributed by atoms with van der Waals surface area (Å²) in [5, 5.41) is 2.82. The Morgan fingerprint density at radius 2 is 1.73 bits per heavy atom. The summed E-state index contributed by atoms with van der Waals surface area (Å²) in [5.41, 5.74) is 1.90. The standard InChI is InChI=1S/C24H26F2N2O2/c1-15-12-17(8-10-20(15)25)22-11-9-19(14-28(22)24(30)16-6-7-16)23(29)27-13-18-4-2-3-5-21(18)26/h2-5,8,10,12,16,19,22H,6-7,9,11,13-14H2,1H3,(H,27,29). The second kappa shape index (κ2) is 8.54. The fourth-order valence-electron chi connectivity index (χ4n) is 4.18. The van der Waals surface area contributed by atoms with Gasteiger partial charge in [0.2, 0.25) is 11.8 Å². The summed E-state index contributed by atoms with van der Waals surface area (Å²) >= 11 is 0. The average molecular weight is 412 g/mol. The van der Waals surface area contributed by atoms with Crippen LogP contribution in [0.15, 0.2) is 42.5 Å². The van der Waals surface area contributed by atoms with Crippen LogP contribution in [0.25, 0.3) is 0 Å². The maximum Gasteiger partial charge on any atom is 0.226 e. The molecule has 1 N–H and O–H groups in total. The van der Waals surface area contributed by atoms with Crippen molar-refractivity contribution >= 4 is 11.8 Å².